The van der Waals surface area contributed by atoms with E-state index in [1.807, 2.05) is 0 Å². The molecule has 72 valence electrons. The first-order chi connectivity index (χ1) is 5.82. The molecule has 0 unspecified atom stereocenters. The Labute approximate surface area is 135 Å². The first-order valence-corrected chi connectivity index (χ1v) is 5.40. The van der Waals surface area contributed by atoms with Crippen LogP contribution in [-0.2, 0) is 10.1 Å². The molecule has 0 aliphatic carbocycles. The molecule has 3 nitrogen and oxygen atoms in total. The van der Waals surface area contributed by atoms with E-state index in [0.29, 0.717) is 5.56 Å². The van der Waals surface area contributed by atoms with Gasteiger partial charge in [-0.05, 0) is 24.6 Å². The fourth-order valence-corrected chi connectivity index (χ4v) is 1.91. The SMILES string of the molecule is Cc1c(Cl)cc(S(=O)(=O)[O-])cc1Cl.[K+]. The molecule has 0 N–H and O–H groups in total. The van der Waals surface area contributed by atoms with Crippen molar-refractivity contribution in [2.75, 3.05) is 0 Å². The van der Waals surface area contributed by atoms with Crippen molar-refractivity contribution in [3.05, 3.63) is 27.7 Å². The van der Waals surface area contributed by atoms with Crippen LogP contribution in [0.25, 0.3) is 0 Å². The van der Waals surface area contributed by atoms with E-state index in [2.05, 4.69) is 0 Å². The summed E-state index contributed by atoms with van der Waals surface area (Å²) in [6, 6.07) is 2.18. The maximum absolute atomic E-state index is 10.6. The summed E-state index contributed by atoms with van der Waals surface area (Å²) in [5.74, 6) is 0. The minimum Gasteiger partial charge on any atom is -0.744 e. The second-order valence-electron chi connectivity index (χ2n) is 2.47. The van der Waals surface area contributed by atoms with Crippen molar-refractivity contribution in [1.29, 1.82) is 0 Å². The van der Waals surface area contributed by atoms with Crippen molar-refractivity contribution >= 4 is 33.3 Å². The summed E-state index contributed by atoms with van der Waals surface area (Å²) in [4.78, 5) is -0.409. The topological polar surface area (TPSA) is 57.2 Å². The number of hydrogen-bond donors (Lipinski definition) is 0. The third-order valence-electron chi connectivity index (χ3n) is 1.54. The Balaban J connectivity index is 0.00000169. The first kappa shape index (κ1) is 15.3. The minimum absolute atomic E-state index is 0. The average Bonchev–Trinajstić information content (AvgIpc) is 1.97. The van der Waals surface area contributed by atoms with E-state index in [1.54, 1.807) is 6.92 Å². The first-order valence-electron chi connectivity index (χ1n) is 3.24. The third-order valence-corrected chi connectivity index (χ3v) is 3.14. The standard InChI is InChI=1S/C7H6Cl2O3S.K/c1-4-6(8)2-5(3-7(4)9)13(10,11)12;/h2-3H,1H3,(H,10,11,12);/q;+1/p-1. The van der Waals surface area contributed by atoms with Crippen molar-refractivity contribution in [2.45, 2.75) is 11.8 Å². The van der Waals surface area contributed by atoms with Crippen molar-refractivity contribution in [3.8, 4) is 0 Å². The Kier molecular flexibility index (Phi) is 6.15. The van der Waals surface area contributed by atoms with Crippen LogP contribution in [0.1, 0.15) is 5.56 Å². The van der Waals surface area contributed by atoms with Crippen molar-refractivity contribution < 1.29 is 64.4 Å². The molecule has 0 aliphatic rings. The maximum atomic E-state index is 10.6. The zero-order valence-electron chi connectivity index (χ0n) is 7.54. The van der Waals surface area contributed by atoms with Crippen LogP contribution in [0.2, 0.25) is 10.0 Å². The van der Waals surface area contributed by atoms with Gasteiger partial charge in [0, 0.05) is 10.0 Å². The molecule has 0 saturated heterocycles. The smallest absolute Gasteiger partial charge is 0.744 e. The maximum Gasteiger partial charge on any atom is 1.00 e. The van der Waals surface area contributed by atoms with Gasteiger partial charge in [-0.25, -0.2) is 8.42 Å². The number of hydrogen-bond acceptors (Lipinski definition) is 3. The summed E-state index contributed by atoms with van der Waals surface area (Å²) >= 11 is 11.3. The van der Waals surface area contributed by atoms with Crippen molar-refractivity contribution in [2.24, 2.45) is 0 Å². The molecule has 1 aromatic rings. The van der Waals surface area contributed by atoms with Gasteiger partial charge >= 0.3 is 51.4 Å². The molecule has 0 aliphatic heterocycles. The summed E-state index contributed by atoms with van der Waals surface area (Å²) in [5.41, 5.74) is 0.552. The van der Waals surface area contributed by atoms with Gasteiger partial charge in [-0.3, -0.25) is 0 Å². The van der Waals surface area contributed by atoms with E-state index < -0.39 is 15.0 Å². The molecule has 0 fully saturated rings. The summed E-state index contributed by atoms with van der Waals surface area (Å²) in [5, 5.41) is 0.337. The summed E-state index contributed by atoms with van der Waals surface area (Å²) in [7, 11) is -4.48. The number of halogens is 2. The Hall–Kier alpha value is 1.35. The predicted molar refractivity (Wildman–Crippen MR) is 49.2 cm³/mol. The molecule has 0 atom stereocenters. The van der Waals surface area contributed by atoms with Crippen LogP contribution in [0.5, 0.6) is 0 Å². The van der Waals surface area contributed by atoms with Crippen LogP contribution in [0.4, 0.5) is 0 Å². The molecule has 0 saturated carbocycles. The van der Waals surface area contributed by atoms with Crippen molar-refractivity contribution in [1.82, 2.24) is 0 Å². The van der Waals surface area contributed by atoms with Gasteiger partial charge in [0.25, 0.3) is 0 Å². The Morgan fingerprint density at radius 2 is 1.57 bits per heavy atom. The molecule has 0 aromatic heterocycles. The zero-order chi connectivity index (χ0) is 10.2. The summed E-state index contributed by atoms with van der Waals surface area (Å²) in [6.45, 7) is 1.63. The third kappa shape index (κ3) is 3.73. The number of rotatable bonds is 1. The fourth-order valence-electron chi connectivity index (χ4n) is 0.766. The van der Waals surface area contributed by atoms with Crippen LogP contribution < -0.4 is 51.4 Å². The second-order valence-corrected chi connectivity index (χ2v) is 4.66. The molecule has 7 heteroatoms. The van der Waals surface area contributed by atoms with Gasteiger partial charge in [0.15, 0.2) is 0 Å². The second kappa shape index (κ2) is 5.61. The van der Waals surface area contributed by atoms with Crippen LogP contribution in [0, 0.1) is 6.92 Å². The molecular formula is C7H5Cl2KO3S. The van der Waals surface area contributed by atoms with E-state index >= 15 is 0 Å². The summed E-state index contributed by atoms with van der Waals surface area (Å²) in [6.07, 6.45) is 0. The van der Waals surface area contributed by atoms with Gasteiger partial charge in [-0.2, -0.15) is 0 Å². The van der Waals surface area contributed by atoms with Crippen LogP contribution >= 0.6 is 23.2 Å². The molecular weight excluding hydrogens is 274 g/mol. The largest absolute Gasteiger partial charge is 1.00 e. The van der Waals surface area contributed by atoms with Crippen LogP contribution in [0.3, 0.4) is 0 Å². The van der Waals surface area contributed by atoms with Gasteiger partial charge in [0.1, 0.15) is 10.1 Å². The van der Waals surface area contributed by atoms with Gasteiger partial charge in [0.05, 0.1) is 4.90 Å². The molecule has 0 spiro atoms. The molecule has 1 aromatic carbocycles. The number of benzene rings is 1. The quantitative estimate of drug-likeness (QED) is 0.500. The Bertz CT molecular complexity index is 421. The van der Waals surface area contributed by atoms with Crippen LogP contribution in [0.15, 0.2) is 17.0 Å². The average molecular weight is 279 g/mol. The van der Waals surface area contributed by atoms with E-state index in [-0.39, 0.29) is 61.4 Å². The Morgan fingerprint density at radius 1 is 1.21 bits per heavy atom. The van der Waals surface area contributed by atoms with Gasteiger partial charge in [-0.1, -0.05) is 23.2 Å². The minimum atomic E-state index is -4.48. The van der Waals surface area contributed by atoms with Crippen molar-refractivity contribution in [3.63, 3.8) is 0 Å². The Morgan fingerprint density at radius 3 is 1.86 bits per heavy atom. The van der Waals surface area contributed by atoms with Gasteiger partial charge < -0.3 is 4.55 Å². The van der Waals surface area contributed by atoms with E-state index in [0.717, 1.165) is 12.1 Å². The predicted octanol–water partition coefficient (Wildman–Crippen LogP) is -0.790. The fraction of sp³-hybridized carbons (Fsp3) is 0.143. The normalized spacial score (nSPS) is 10.9. The van der Waals surface area contributed by atoms with Gasteiger partial charge in [-0.15, -0.1) is 0 Å². The summed E-state index contributed by atoms with van der Waals surface area (Å²) < 4.78 is 31.7. The molecule has 0 radical (unpaired) electrons. The van der Waals surface area contributed by atoms with Gasteiger partial charge in [0.2, 0.25) is 0 Å². The van der Waals surface area contributed by atoms with Crippen LogP contribution in [-0.4, -0.2) is 13.0 Å². The molecule has 1 rings (SSSR count). The van der Waals surface area contributed by atoms with E-state index in [9.17, 15) is 13.0 Å². The zero-order valence-corrected chi connectivity index (χ0v) is 13.0. The molecule has 0 amide bonds. The molecule has 14 heavy (non-hydrogen) atoms. The molecule has 0 bridgehead atoms. The molecule has 0 heterocycles. The van der Waals surface area contributed by atoms with E-state index in [1.165, 1.54) is 0 Å². The monoisotopic (exact) mass is 278 g/mol. The van der Waals surface area contributed by atoms with E-state index in [4.69, 9.17) is 23.2 Å².